The predicted octanol–water partition coefficient (Wildman–Crippen LogP) is 1.13. The number of hydrogen-bond acceptors (Lipinski definition) is 4. The summed E-state index contributed by atoms with van der Waals surface area (Å²) in [5.41, 5.74) is 0. The Morgan fingerprint density at radius 2 is 2.24 bits per heavy atom. The van der Waals surface area contributed by atoms with Crippen molar-refractivity contribution < 1.29 is 12.8 Å². The van der Waals surface area contributed by atoms with Crippen molar-refractivity contribution in [2.75, 3.05) is 7.05 Å². The van der Waals surface area contributed by atoms with Crippen LogP contribution in [0.25, 0.3) is 0 Å². The van der Waals surface area contributed by atoms with Crippen LogP contribution in [0, 0.1) is 6.92 Å². The van der Waals surface area contributed by atoms with Gasteiger partial charge in [0.1, 0.15) is 11.5 Å². The van der Waals surface area contributed by atoms with Crippen LogP contribution in [-0.2, 0) is 16.6 Å². The lowest BCUT2D eigenvalue weighted by Gasteiger charge is -2.14. The highest BCUT2D eigenvalue weighted by molar-refractivity contribution is 7.89. The zero-order chi connectivity index (χ0) is 12.5. The smallest absolute Gasteiger partial charge is 0.260 e. The van der Waals surface area contributed by atoms with Gasteiger partial charge in [0, 0.05) is 7.05 Å². The number of nitrogens with zero attached hydrogens (tertiary/aromatic N) is 2. The van der Waals surface area contributed by atoms with E-state index in [0.717, 1.165) is 5.76 Å². The van der Waals surface area contributed by atoms with E-state index in [9.17, 15) is 8.42 Å². The van der Waals surface area contributed by atoms with Gasteiger partial charge in [-0.2, -0.15) is 4.31 Å². The monoisotopic (exact) mass is 255 g/mol. The minimum absolute atomic E-state index is 0.0725. The number of H-pyrrole nitrogens is 1. The van der Waals surface area contributed by atoms with E-state index < -0.39 is 10.0 Å². The highest BCUT2D eigenvalue weighted by atomic mass is 32.2. The average Bonchev–Trinajstić information content (AvgIpc) is 2.89. The zero-order valence-corrected chi connectivity index (χ0v) is 10.4. The summed E-state index contributed by atoms with van der Waals surface area (Å²) in [4.78, 5) is 6.28. The lowest BCUT2D eigenvalue weighted by atomic mass is 10.4. The molecule has 0 radical (unpaired) electrons. The van der Waals surface area contributed by atoms with Crippen LogP contribution in [-0.4, -0.2) is 29.7 Å². The van der Waals surface area contributed by atoms with Crippen molar-refractivity contribution in [3.8, 4) is 0 Å². The van der Waals surface area contributed by atoms with Gasteiger partial charge in [0.25, 0.3) is 10.0 Å². The molecule has 0 aliphatic carbocycles. The van der Waals surface area contributed by atoms with E-state index in [1.165, 1.54) is 23.9 Å². The fourth-order valence-corrected chi connectivity index (χ4v) is 2.46. The summed E-state index contributed by atoms with van der Waals surface area (Å²) in [6.07, 6.45) is 2.61. The van der Waals surface area contributed by atoms with Gasteiger partial charge in [-0.3, -0.25) is 0 Å². The van der Waals surface area contributed by atoms with E-state index in [1.54, 1.807) is 12.1 Å². The summed E-state index contributed by atoms with van der Waals surface area (Å²) in [7, 11) is -2.04. The molecule has 0 bridgehead atoms. The number of furan rings is 1. The molecule has 2 rings (SSSR count). The zero-order valence-electron chi connectivity index (χ0n) is 9.54. The maximum Gasteiger partial charge on any atom is 0.260 e. The molecule has 0 spiro atoms. The first-order valence-corrected chi connectivity index (χ1v) is 6.44. The molecular formula is C10H13N3O3S. The fraction of sp³-hybridized carbons (Fsp3) is 0.300. The molecule has 0 unspecified atom stereocenters. The van der Waals surface area contributed by atoms with Crippen LogP contribution in [0.4, 0.5) is 0 Å². The average molecular weight is 255 g/mol. The van der Waals surface area contributed by atoms with E-state index in [0.29, 0.717) is 5.76 Å². The molecule has 0 aromatic carbocycles. The molecule has 1 N–H and O–H groups in total. The minimum Gasteiger partial charge on any atom is -0.465 e. The van der Waals surface area contributed by atoms with E-state index in [4.69, 9.17) is 4.42 Å². The Morgan fingerprint density at radius 1 is 1.47 bits per heavy atom. The molecule has 0 saturated carbocycles. The quantitative estimate of drug-likeness (QED) is 0.888. The molecular weight excluding hydrogens is 242 g/mol. The number of hydrogen-bond donors (Lipinski definition) is 1. The third kappa shape index (κ3) is 2.40. The Balaban J connectivity index is 2.18. The van der Waals surface area contributed by atoms with Crippen molar-refractivity contribution in [3.05, 3.63) is 36.2 Å². The molecule has 17 heavy (non-hydrogen) atoms. The first-order valence-electron chi connectivity index (χ1n) is 5.00. The lowest BCUT2D eigenvalue weighted by Crippen LogP contribution is -2.26. The number of rotatable bonds is 4. The Morgan fingerprint density at radius 3 is 2.76 bits per heavy atom. The highest BCUT2D eigenvalue weighted by Crippen LogP contribution is 2.15. The first kappa shape index (κ1) is 11.9. The van der Waals surface area contributed by atoms with Gasteiger partial charge >= 0.3 is 0 Å². The number of nitrogens with one attached hydrogen (secondary N) is 1. The molecule has 0 aliphatic heterocycles. The summed E-state index contributed by atoms with van der Waals surface area (Å²) in [6, 6.07) is 3.56. The number of aryl methyl sites for hydroxylation is 1. The second kappa shape index (κ2) is 4.34. The van der Waals surface area contributed by atoms with Crippen molar-refractivity contribution in [3.63, 3.8) is 0 Å². The molecule has 0 amide bonds. The van der Waals surface area contributed by atoms with Crippen molar-refractivity contribution in [2.45, 2.75) is 18.5 Å². The number of imidazole rings is 1. The van der Waals surface area contributed by atoms with Crippen LogP contribution in [0.1, 0.15) is 11.5 Å². The fourth-order valence-electron chi connectivity index (χ4n) is 1.43. The molecule has 7 heteroatoms. The van der Waals surface area contributed by atoms with Crippen molar-refractivity contribution in [1.29, 1.82) is 0 Å². The van der Waals surface area contributed by atoms with Gasteiger partial charge in [-0.25, -0.2) is 13.4 Å². The highest BCUT2D eigenvalue weighted by Gasteiger charge is 2.22. The predicted molar refractivity (Wildman–Crippen MR) is 60.7 cm³/mol. The summed E-state index contributed by atoms with van der Waals surface area (Å²) < 4.78 is 30.6. The standard InChI is InChI=1S/C10H13N3O3S/c1-8-3-4-9(16-8)6-13(2)17(14,15)10-5-11-7-12-10/h3-5,7H,6H2,1-2H3,(H,11,12). The largest absolute Gasteiger partial charge is 0.465 e. The molecule has 92 valence electrons. The topological polar surface area (TPSA) is 79.2 Å². The summed E-state index contributed by atoms with van der Waals surface area (Å²) in [5.74, 6) is 1.36. The molecule has 0 atom stereocenters. The van der Waals surface area contributed by atoms with Crippen LogP contribution in [0.5, 0.6) is 0 Å². The number of aromatic nitrogens is 2. The van der Waals surface area contributed by atoms with E-state index in [-0.39, 0.29) is 11.6 Å². The Labute approximate surface area is 99.3 Å². The molecule has 0 saturated heterocycles. The summed E-state index contributed by atoms with van der Waals surface area (Å²) in [6.45, 7) is 2.00. The normalized spacial score (nSPS) is 12.2. The Kier molecular flexibility index (Phi) is 3.03. The van der Waals surface area contributed by atoms with Crippen molar-refractivity contribution in [1.82, 2.24) is 14.3 Å². The first-order chi connectivity index (χ1) is 8.00. The molecule has 2 heterocycles. The van der Waals surface area contributed by atoms with E-state index >= 15 is 0 Å². The van der Waals surface area contributed by atoms with Crippen LogP contribution < -0.4 is 0 Å². The van der Waals surface area contributed by atoms with Gasteiger partial charge in [-0.1, -0.05) is 0 Å². The van der Waals surface area contributed by atoms with Crippen molar-refractivity contribution in [2.24, 2.45) is 0 Å². The van der Waals surface area contributed by atoms with Crippen molar-refractivity contribution >= 4 is 10.0 Å². The van der Waals surface area contributed by atoms with Gasteiger partial charge in [-0.05, 0) is 19.1 Å². The van der Waals surface area contributed by atoms with Gasteiger partial charge in [-0.15, -0.1) is 0 Å². The second-order valence-electron chi connectivity index (χ2n) is 3.69. The van der Waals surface area contributed by atoms with E-state index in [2.05, 4.69) is 9.97 Å². The maximum atomic E-state index is 12.0. The summed E-state index contributed by atoms with van der Waals surface area (Å²) >= 11 is 0. The van der Waals surface area contributed by atoms with Crippen LogP contribution in [0.15, 0.2) is 34.1 Å². The summed E-state index contributed by atoms with van der Waals surface area (Å²) in [5, 5.41) is 0.0725. The van der Waals surface area contributed by atoms with Gasteiger partial charge in [0.15, 0.2) is 5.03 Å². The second-order valence-corrected chi connectivity index (χ2v) is 5.70. The van der Waals surface area contributed by atoms with Gasteiger partial charge in [0.2, 0.25) is 0 Å². The molecule has 2 aromatic rings. The SMILES string of the molecule is Cc1ccc(CN(C)S(=O)(=O)c2cnc[nH]2)o1. The van der Waals surface area contributed by atoms with Crippen LogP contribution in [0.3, 0.4) is 0 Å². The van der Waals surface area contributed by atoms with Gasteiger partial charge < -0.3 is 9.40 Å². The van der Waals surface area contributed by atoms with E-state index in [1.807, 2.05) is 6.92 Å². The van der Waals surface area contributed by atoms with Gasteiger partial charge in [0.05, 0.1) is 19.1 Å². The van der Waals surface area contributed by atoms with Crippen LogP contribution in [0.2, 0.25) is 0 Å². The lowest BCUT2D eigenvalue weighted by molar-refractivity contribution is 0.396. The Bertz CT molecular complexity index is 586. The molecule has 0 aliphatic rings. The third-order valence-corrected chi connectivity index (χ3v) is 4.06. The molecule has 2 aromatic heterocycles. The Hall–Kier alpha value is -1.60. The molecule has 6 nitrogen and oxygen atoms in total. The minimum atomic E-state index is -3.53. The van der Waals surface area contributed by atoms with Crippen LogP contribution >= 0.6 is 0 Å². The maximum absolute atomic E-state index is 12.0. The number of aromatic amines is 1. The molecule has 0 fully saturated rings. The third-order valence-electron chi connectivity index (χ3n) is 2.34. The number of sulfonamides is 1.